The van der Waals surface area contributed by atoms with Crippen molar-refractivity contribution in [2.75, 3.05) is 19.3 Å². The first-order valence-electron chi connectivity index (χ1n) is 6.29. The standard InChI is InChI=1S/C12H17N3O2S/c1-18(16,17)12-13-6-10-4-5-15(7-9-2-3-9)8-11(10)14-12/h6,9H,2-5,7-8H2,1H3. The van der Waals surface area contributed by atoms with Crippen molar-refractivity contribution in [3.63, 3.8) is 0 Å². The van der Waals surface area contributed by atoms with Crippen molar-refractivity contribution in [3.8, 4) is 0 Å². The second-order valence-electron chi connectivity index (χ2n) is 5.33. The van der Waals surface area contributed by atoms with Gasteiger partial charge in [-0.2, -0.15) is 0 Å². The fourth-order valence-corrected chi connectivity index (χ4v) is 2.86. The molecule has 0 spiro atoms. The fourth-order valence-electron chi connectivity index (χ4n) is 2.34. The van der Waals surface area contributed by atoms with Crippen LogP contribution in [-0.2, 0) is 22.8 Å². The lowest BCUT2D eigenvalue weighted by Gasteiger charge is -2.27. The molecule has 0 N–H and O–H groups in total. The summed E-state index contributed by atoms with van der Waals surface area (Å²) in [6.07, 6.45) is 6.42. The van der Waals surface area contributed by atoms with E-state index in [9.17, 15) is 8.42 Å². The van der Waals surface area contributed by atoms with Gasteiger partial charge in [-0.1, -0.05) is 0 Å². The van der Waals surface area contributed by atoms with Gasteiger partial charge in [0.2, 0.25) is 15.0 Å². The van der Waals surface area contributed by atoms with E-state index in [0.29, 0.717) is 0 Å². The molecule has 1 aliphatic carbocycles. The summed E-state index contributed by atoms with van der Waals surface area (Å²) in [6.45, 7) is 2.92. The molecule has 3 rings (SSSR count). The molecule has 0 atom stereocenters. The highest BCUT2D eigenvalue weighted by molar-refractivity contribution is 7.90. The van der Waals surface area contributed by atoms with Gasteiger partial charge in [0, 0.05) is 32.1 Å². The molecule has 0 aromatic carbocycles. The molecule has 5 nitrogen and oxygen atoms in total. The fraction of sp³-hybridized carbons (Fsp3) is 0.667. The lowest BCUT2D eigenvalue weighted by atomic mass is 10.1. The quantitative estimate of drug-likeness (QED) is 0.752. The van der Waals surface area contributed by atoms with E-state index in [2.05, 4.69) is 14.9 Å². The number of hydrogen-bond acceptors (Lipinski definition) is 5. The third kappa shape index (κ3) is 2.54. The van der Waals surface area contributed by atoms with Crippen LogP contribution in [0.2, 0.25) is 0 Å². The lowest BCUT2D eigenvalue weighted by Crippen LogP contribution is -2.33. The van der Waals surface area contributed by atoms with Gasteiger partial charge in [0.25, 0.3) is 0 Å². The predicted octanol–water partition coefficient (Wildman–Crippen LogP) is 0.648. The van der Waals surface area contributed by atoms with Crippen molar-refractivity contribution in [2.24, 2.45) is 5.92 Å². The maximum Gasteiger partial charge on any atom is 0.247 e. The van der Waals surface area contributed by atoms with Crippen LogP contribution in [0.4, 0.5) is 0 Å². The van der Waals surface area contributed by atoms with Crippen LogP contribution in [0.15, 0.2) is 11.4 Å². The molecule has 0 amide bonds. The first-order valence-corrected chi connectivity index (χ1v) is 8.19. The van der Waals surface area contributed by atoms with Crippen molar-refractivity contribution in [3.05, 3.63) is 17.5 Å². The Balaban J connectivity index is 1.83. The molecule has 6 heteroatoms. The minimum atomic E-state index is -3.31. The first kappa shape index (κ1) is 12.0. The van der Waals surface area contributed by atoms with E-state index < -0.39 is 9.84 Å². The third-order valence-corrected chi connectivity index (χ3v) is 4.41. The Hall–Kier alpha value is -1.01. The van der Waals surface area contributed by atoms with Crippen molar-refractivity contribution in [1.29, 1.82) is 0 Å². The van der Waals surface area contributed by atoms with Crippen molar-refractivity contribution in [1.82, 2.24) is 14.9 Å². The summed E-state index contributed by atoms with van der Waals surface area (Å²) in [5, 5.41) is -0.0467. The second kappa shape index (κ2) is 4.28. The summed E-state index contributed by atoms with van der Waals surface area (Å²) >= 11 is 0. The van der Waals surface area contributed by atoms with Crippen molar-refractivity contribution >= 4 is 9.84 Å². The highest BCUT2D eigenvalue weighted by Gasteiger charge is 2.27. The van der Waals surface area contributed by atoms with E-state index in [0.717, 1.165) is 49.5 Å². The Kier molecular flexibility index (Phi) is 2.86. The Morgan fingerprint density at radius 1 is 1.44 bits per heavy atom. The molecule has 1 fully saturated rings. The van der Waals surface area contributed by atoms with Gasteiger partial charge in [-0.3, -0.25) is 4.90 Å². The van der Waals surface area contributed by atoms with Gasteiger partial charge < -0.3 is 0 Å². The molecular weight excluding hydrogens is 250 g/mol. The van der Waals surface area contributed by atoms with E-state index in [1.165, 1.54) is 12.8 Å². The first-order chi connectivity index (χ1) is 8.52. The third-order valence-electron chi connectivity index (χ3n) is 3.55. The van der Waals surface area contributed by atoms with Crippen LogP contribution in [0.5, 0.6) is 0 Å². The summed E-state index contributed by atoms with van der Waals surface area (Å²) in [6, 6.07) is 0. The van der Waals surface area contributed by atoms with Crippen LogP contribution < -0.4 is 0 Å². The van der Waals surface area contributed by atoms with Crippen molar-refractivity contribution in [2.45, 2.75) is 31.0 Å². The summed E-state index contributed by atoms with van der Waals surface area (Å²) in [4.78, 5) is 10.5. The van der Waals surface area contributed by atoms with Crippen LogP contribution in [-0.4, -0.2) is 42.6 Å². The van der Waals surface area contributed by atoms with Crippen LogP contribution in [0, 0.1) is 5.92 Å². The zero-order valence-electron chi connectivity index (χ0n) is 10.5. The van der Waals surface area contributed by atoms with E-state index >= 15 is 0 Å². The summed E-state index contributed by atoms with van der Waals surface area (Å²) in [7, 11) is -3.31. The molecule has 2 heterocycles. The SMILES string of the molecule is CS(=O)(=O)c1ncc2c(n1)CN(CC1CC1)CC2. The molecule has 0 unspecified atom stereocenters. The molecule has 2 aliphatic rings. The maximum absolute atomic E-state index is 11.4. The van der Waals surface area contributed by atoms with Gasteiger partial charge in [-0.25, -0.2) is 18.4 Å². The van der Waals surface area contributed by atoms with Crippen LogP contribution in [0.3, 0.4) is 0 Å². The highest BCUT2D eigenvalue weighted by atomic mass is 32.2. The Bertz CT molecular complexity index is 567. The molecular formula is C12H17N3O2S. The largest absolute Gasteiger partial charge is 0.297 e. The van der Waals surface area contributed by atoms with Gasteiger partial charge in [0.1, 0.15) is 0 Å². The normalized spacial score (nSPS) is 20.7. The average Bonchev–Trinajstić information content (AvgIpc) is 3.11. The summed E-state index contributed by atoms with van der Waals surface area (Å²) in [5.41, 5.74) is 1.98. The molecule has 0 bridgehead atoms. The lowest BCUT2D eigenvalue weighted by molar-refractivity contribution is 0.238. The van der Waals surface area contributed by atoms with Crippen LogP contribution >= 0.6 is 0 Å². The average molecular weight is 267 g/mol. The molecule has 0 radical (unpaired) electrons. The number of nitrogens with zero attached hydrogens (tertiary/aromatic N) is 3. The summed E-state index contributed by atoms with van der Waals surface area (Å²) in [5.74, 6) is 0.850. The zero-order chi connectivity index (χ0) is 12.8. The molecule has 1 aliphatic heterocycles. The van der Waals surface area contributed by atoms with Crippen LogP contribution in [0.1, 0.15) is 24.1 Å². The van der Waals surface area contributed by atoms with Gasteiger partial charge in [-0.15, -0.1) is 0 Å². The number of fused-ring (bicyclic) bond motifs is 1. The smallest absolute Gasteiger partial charge is 0.247 e. The van der Waals surface area contributed by atoms with Gasteiger partial charge in [0.05, 0.1) is 5.69 Å². The molecule has 1 saturated carbocycles. The number of hydrogen-bond donors (Lipinski definition) is 0. The van der Waals surface area contributed by atoms with E-state index in [4.69, 9.17) is 0 Å². The number of sulfone groups is 1. The van der Waals surface area contributed by atoms with E-state index in [-0.39, 0.29) is 5.16 Å². The minimum absolute atomic E-state index is 0.0467. The van der Waals surface area contributed by atoms with E-state index in [1.54, 1.807) is 6.20 Å². The zero-order valence-corrected chi connectivity index (χ0v) is 11.3. The Labute approximate surface area is 107 Å². The Morgan fingerprint density at radius 3 is 2.89 bits per heavy atom. The molecule has 18 heavy (non-hydrogen) atoms. The molecule has 1 aromatic rings. The topological polar surface area (TPSA) is 63.2 Å². The second-order valence-corrected chi connectivity index (χ2v) is 7.23. The van der Waals surface area contributed by atoms with Gasteiger partial charge in [-0.05, 0) is 30.7 Å². The number of aromatic nitrogens is 2. The maximum atomic E-state index is 11.4. The van der Waals surface area contributed by atoms with E-state index in [1.807, 2.05) is 0 Å². The van der Waals surface area contributed by atoms with Crippen molar-refractivity contribution < 1.29 is 8.42 Å². The highest BCUT2D eigenvalue weighted by Crippen LogP contribution is 2.31. The predicted molar refractivity (Wildman–Crippen MR) is 66.8 cm³/mol. The minimum Gasteiger partial charge on any atom is -0.297 e. The number of rotatable bonds is 3. The Morgan fingerprint density at radius 2 is 2.22 bits per heavy atom. The van der Waals surface area contributed by atoms with Crippen LogP contribution in [0.25, 0.3) is 0 Å². The molecule has 0 saturated heterocycles. The molecule has 1 aromatic heterocycles. The monoisotopic (exact) mass is 267 g/mol. The molecule has 98 valence electrons. The van der Waals surface area contributed by atoms with Gasteiger partial charge >= 0.3 is 0 Å². The summed E-state index contributed by atoms with van der Waals surface area (Å²) < 4.78 is 22.9. The van der Waals surface area contributed by atoms with Gasteiger partial charge in [0.15, 0.2) is 0 Å².